The van der Waals surface area contributed by atoms with Crippen molar-refractivity contribution in [3.63, 3.8) is 0 Å². The number of aromatic amines is 1. The quantitative estimate of drug-likeness (QED) is 0.729. The second kappa shape index (κ2) is 3.92. The van der Waals surface area contributed by atoms with Crippen molar-refractivity contribution in [3.8, 4) is 0 Å². The minimum Gasteiger partial charge on any atom is -0.303 e. The first-order chi connectivity index (χ1) is 6.83. The van der Waals surface area contributed by atoms with Crippen molar-refractivity contribution in [2.45, 2.75) is 19.3 Å². The zero-order chi connectivity index (χ0) is 9.97. The Morgan fingerprint density at radius 2 is 2.64 bits per heavy atom. The fourth-order valence-electron chi connectivity index (χ4n) is 2.00. The highest BCUT2D eigenvalue weighted by Gasteiger charge is 2.23. The predicted octanol–water partition coefficient (Wildman–Crippen LogP) is 1.03. The fourth-order valence-corrected chi connectivity index (χ4v) is 2.00. The predicted molar refractivity (Wildman–Crippen MR) is 53.4 cm³/mol. The van der Waals surface area contributed by atoms with Gasteiger partial charge in [-0.05, 0) is 25.6 Å². The molecular formula is C10H15N3O. The first-order valence-corrected chi connectivity index (χ1v) is 5.06. The summed E-state index contributed by atoms with van der Waals surface area (Å²) in [6, 6.07) is 1.86. The Morgan fingerprint density at radius 1 is 1.79 bits per heavy atom. The number of aromatic nitrogens is 2. The molecule has 2 rings (SSSR count). The number of aldehydes is 1. The van der Waals surface area contributed by atoms with Gasteiger partial charge in [-0.2, -0.15) is 5.10 Å². The van der Waals surface area contributed by atoms with Crippen molar-refractivity contribution in [1.29, 1.82) is 0 Å². The number of nitrogens with zero attached hydrogens (tertiary/aromatic N) is 2. The lowest BCUT2D eigenvalue weighted by Gasteiger charge is -2.11. The highest BCUT2D eigenvalue weighted by molar-refractivity contribution is 5.71. The van der Waals surface area contributed by atoms with Gasteiger partial charge in [0.05, 0.1) is 0 Å². The van der Waals surface area contributed by atoms with E-state index in [1.54, 1.807) is 0 Å². The third-order valence-corrected chi connectivity index (χ3v) is 2.90. The monoisotopic (exact) mass is 193 g/mol. The van der Waals surface area contributed by atoms with Crippen molar-refractivity contribution in [2.24, 2.45) is 0 Å². The molecule has 1 aliphatic rings. The summed E-state index contributed by atoms with van der Waals surface area (Å²) in [7, 11) is 0. The number of H-pyrrole nitrogens is 1. The van der Waals surface area contributed by atoms with Crippen molar-refractivity contribution >= 4 is 6.29 Å². The SMILES string of the molecule is CCN1CCC(c2cc(C=O)n[nH]2)C1. The lowest BCUT2D eigenvalue weighted by Crippen LogP contribution is -2.19. The molecule has 1 saturated heterocycles. The van der Waals surface area contributed by atoms with E-state index < -0.39 is 0 Å². The molecule has 0 aliphatic carbocycles. The lowest BCUT2D eigenvalue weighted by molar-refractivity contribution is 0.111. The molecule has 1 aromatic heterocycles. The summed E-state index contributed by atoms with van der Waals surface area (Å²) >= 11 is 0. The van der Waals surface area contributed by atoms with Gasteiger partial charge in [-0.25, -0.2) is 0 Å². The molecule has 14 heavy (non-hydrogen) atoms. The lowest BCUT2D eigenvalue weighted by atomic mass is 10.1. The average Bonchev–Trinajstić information content (AvgIpc) is 2.86. The van der Waals surface area contributed by atoms with E-state index in [2.05, 4.69) is 22.0 Å². The van der Waals surface area contributed by atoms with Crippen LogP contribution in [0, 0.1) is 0 Å². The van der Waals surface area contributed by atoms with Crippen LogP contribution < -0.4 is 0 Å². The Morgan fingerprint density at radius 3 is 3.21 bits per heavy atom. The maximum absolute atomic E-state index is 10.5. The minimum absolute atomic E-state index is 0.509. The summed E-state index contributed by atoms with van der Waals surface area (Å²) < 4.78 is 0. The summed E-state index contributed by atoms with van der Waals surface area (Å²) in [6.07, 6.45) is 1.95. The molecule has 1 aromatic rings. The highest BCUT2D eigenvalue weighted by atomic mass is 16.1. The summed E-state index contributed by atoms with van der Waals surface area (Å²) in [5, 5.41) is 6.85. The van der Waals surface area contributed by atoms with Crippen LogP contribution in [0.3, 0.4) is 0 Å². The fraction of sp³-hybridized carbons (Fsp3) is 0.600. The number of hydrogen-bond acceptors (Lipinski definition) is 3. The first-order valence-electron chi connectivity index (χ1n) is 5.06. The van der Waals surface area contributed by atoms with Gasteiger partial charge in [0.25, 0.3) is 0 Å². The first kappa shape index (κ1) is 9.40. The Labute approximate surface area is 83.3 Å². The highest BCUT2D eigenvalue weighted by Crippen LogP contribution is 2.25. The molecule has 1 N–H and O–H groups in total. The zero-order valence-corrected chi connectivity index (χ0v) is 8.36. The van der Waals surface area contributed by atoms with Crippen LogP contribution in [0.5, 0.6) is 0 Å². The molecule has 76 valence electrons. The Bertz CT molecular complexity index is 321. The number of rotatable bonds is 3. The van der Waals surface area contributed by atoms with Gasteiger partial charge in [0.2, 0.25) is 0 Å². The van der Waals surface area contributed by atoms with Crippen LogP contribution in [-0.4, -0.2) is 41.0 Å². The smallest absolute Gasteiger partial charge is 0.170 e. The van der Waals surface area contributed by atoms with Crippen molar-refractivity contribution < 1.29 is 4.79 Å². The summed E-state index contributed by atoms with van der Waals surface area (Å²) in [5.74, 6) is 0.524. The molecule has 0 saturated carbocycles. The van der Waals surface area contributed by atoms with Crippen LogP contribution in [0.2, 0.25) is 0 Å². The zero-order valence-electron chi connectivity index (χ0n) is 8.36. The Balaban J connectivity index is 2.05. The van der Waals surface area contributed by atoms with Gasteiger partial charge < -0.3 is 4.90 Å². The van der Waals surface area contributed by atoms with Gasteiger partial charge in [0.1, 0.15) is 5.69 Å². The van der Waals surface area contributed by atoms with E-state index in [-0.39, 0.29) is 0 Å². The number of hydrogen-bond donors (Lipinski definition) is 1. The summed E-state index contributed by atoms with van der Waals surface area (Å²) in [4.78, 5) is 12.9. The molecule has 1 unspecified atom stereocenters. The topological polar surface area (TPSA) is 49.0 Å². The van der Waals surface area contributed by atoms with Crippen LogP contribution in [0.1, 0.15) is 35.4 Å². The van der Waals surface area contributed by atoms with E-state index in [1.807, 2.05) is 6.07 Å². The average molecular weight is 193 g/mol. The molecule has 0 spiro atoms. The van der Waals surface area contributed by atoms with E-state index in [9.17, 15) is 4.79 Å². The number of nitrogens with one attached hydrogen (secondary N) is 1. The summed E-state index contributed by atoms with van der Waals surface area (Å²) in [5.41, 5.74) is 1.61. The molecule has 1 aliphatic heterocycles. The molecular weight excluding hydrogens is 178 g/mol. The minimum atomic E-state index is 0.509. The van der Waals surface area contributed by atoms with Gasteiger partial charge >= 0.3 is 0 Å². The molecule has 2 heterocycles. The van der Waals surface area contributed by atoms with Crippen LogP contribution in [0.25, 0.3) is 0 Å². The molecule has 0 radical (unpaired) electrons. The van der Waals surface area contributed by atoms with Crippen molar-refractivity contribution in [2.75, 3.05) is 19.6 Å². The Hall–Kier alpha value is -1.16. The number of likely N-dealkylation sites (N-methyl/N-ethyl adjacent to an activating group) is 1. The van der Waals surface area contributed by atoms with Crippen molar-refractivity contribution in [3.05, 3.63) is 17.5 Å². The largest absolute Gasteiger partial charge is 0.303 e. The number of carbonyl (C=O) groups excluding carboxylic acids is 1. The second-order valence-electron chi connectivity index (χ2n) is 3.74. The van der Waals surface area contributed by atoms with E-state index in [4.69, 9.17) is 0 Å². The second-order valence-corrected chi connectivity index (χ2v) is 3.74. The molecule has 4 heteroatoms. The third-order valence-electron chi connectivity index (χ3n) is 2.90. The van der Waals surface area contributed by atoms with Crippen LogP contribution in [-0.2, 0) is 0 Å². The Kier molecular flexibility index (Phi) is 2.63. The van der Waals surface area contributed by atoms with Gasteiger partial charge in [0.15, 0.2) is 6.29 Å². The van der Waals surface area contributed by atoms with Crippen molar-refractivity contribution in [1.82, 2.24) is 15.1 Å². The summed E-state index contributed by atoms with van der Waals surface area (Å²) in [6.45, 7) is 5.50. The van der Waals surface area contributed by atoms with E-state index in [0.717, 1.165) is 38.0 Å². The van der Waals surface area contributed by atoms with Gasteiger partial charge in [0, 0.05) is 18.2 Å². The van der Waals surface area contributed by atoms with E-state index in [1.165, 1.54) is 0 Å². The van der Waals surface area contributed by atoms with Crippen LogP contribution in [0.15, 0.2) is 6.07 Å². The molecule has 4 nitrogen and oxygen atoms in total. The molecule has 1 fully saturated rings. The number of likely N-dealkylation sites (tertiary alicyclic amines) is 1. The maximum atomic E-state index is 10.5. The molecule has 0 amide bonds. The molecule has 1 atom stereocenters. The normalized spacial score (nSPS) is 22.8. The standard InChI is InChI=1S/C10H15N3O/c1-2-13-4-3-8(6-13)10-5-9(7-14)11-12-10/h5,7-8H,2-4,6H2,1H3,(H,11,12). The van der Waals surface area contributed by atoms with Crippen LogP contribution >= 0.6 is 0 Å². The molecule has 0 aromatic carbocycles. The van der Waals surface area contributed by atoms with Crippen LogP contribution in [0.4, 0.5) is 0 Å². The van der Waals surface area contributed by atoms with Gasteiger partial charge in [-0.1, -0.05) is 6.92 Å². The maximum Gasteiger partial charge on any atom is 0.170 e. The van der Waals surface area contributed by atoms with Gasteiger partial charge in [-0.15, -0.1) is 0 Å². The van der Waals surface area contributed by atoms with E-state index >= 15 is 0 Å². The van der Waals surface area contributed by atoms with Gasteiger partial charge in [-0.3, -0.25) is 9.89 Å². The molecule has 0 bridgehead atoms. The van der Waals surface area contributed by atoms with E-state index in [0.29, 0.717) is 11.6 Å². The third kappa shape index (κ3) is 1.70. The number of carbonyl (C=O) groups is 1.